The topological polar surface area (TPSA) is 90.9 Å². The Hall–Kier alpha value is -2.53. The highest BCUT2D eigenvalue weighted by atomic mass is 16.8. The van der Waals surface area contributed by atoms with Crippen molar-refractivity contribution in [1.29, 1.82) is 0 Å². The van der Waals surface area contributed by atoms with Crippen LogP contribution in [0.5, 0.6) is 11.5 Å². The number of carbonyl (C=O) groups excluding carboxylic acids is 1. The van der Waals surface area contributed by atoms with Crippen LogP contribution < -0.4 is 9.47 Å². The van der Waals surface area contributed by atoms with Gasteiger partial charge in [0.15, 0.2) is 11.6 Å². The van der Waals surface area contributed by atoms with Crippen molar-refractivity contribution in [2.45, 2.75) is 129 Å². The third-order valence-electron chi connectivity index (χ3n) is 10.1. The second-order valence-corrected chi connectivity index (χ2v) is 13.3. The normalized spacial score (nSPS) is 22.6. The second-order valence-electron chi connectivity index (χ2n) is 13.3. The predicted molar refractivity (Wildman–Crippen MR) is 184 cm³/mol. The van der Waals surface area contributed by atoms with E-state index in [1.807, 2.05) is 48.5 Å². The molecule has 6 atom stereocenters. The van der Waals surface area contributed by atoms with Gasteiger partial charge in [-0.1, -0.05) is 65.8 Å². The standard InChI is InChI=1S/C39H58O9/c1-9-38(10-2)45-25-34(47-38)36(43-23-29-13-17-32(41-7)18-14-29)27(5)21-31(40)22-28(6)37(35-26-46-39(11-3,12-4)48-35)44-24-30-15-19-33(42-8)20-16-30/h13-20,27-28,34-37H,9-12,21-26H2,1-8H3/t27-,28-,34-,35-,36-,37-/m0/s1. The highest BCUT2D eigenvalue weighted by molar-refractivity contribution is 5.79. The fourth-order valence-corrected chi connectivity index (χ4v) is 6.86. The van der Waals surface area contributed by atoms with Gasteiger partial charge in [-0.2, -0.15) is 0 Å². The highest BCUT2D eigenvalue weighted by Gasteiger charge is 2.46. The molecule has 2 fully saturated rings. The first kappa shape index (κ1) is 38.3. The van der Waals surface area contributed by atoms with Gasteiger partial charge in [-0.25, -0.2) is 0 Å². The first-order chi connectivity index (χ1) is 23.1. The van der Waals surface area contributed by atoms with Gasteiger partial charge >= 0.3 is 0 Å². The Morgan fingerprint density at radius 2 is 1.02 bits per heavy atom. The van der Waals surface area contributed by atoms with Crippen LogP contribution in [0.1, 0.15) is 91.2 Å². The molecule has 0 radical (unpaired) electrons. The zero-order valence-corrected chi connectivity index (χ0v) is 30.3. The van der Waals surface area contributed by atoms with Crippen molar-refractivity contribution in [2.24, 2.45) is 11.8 Å². The number of benzene rings is 2. The summed E-state index contributed by atoms with van der Waals surface area (Å²) >= 11 is 0. The lowest BCUT2D eigenvalue weighted by Gasteiger charge is -2.32. The van der Waals surface area contributed by atoms with E-state index in [-0.39, 0.29) is 42.0 Å². The number of carbonyl (C=O) groups is 1. The minimum absolute atomic E-state index is 0.0985. The summed E-state index contributed by atoms with van der Waals surface area (Å²) in [4.78, 5) is 13.8. The van der Waals surface area contributed by atoms with Crippen molar-refractivity contribution in [2.75, 3.05) is 27.4 Å². The molecule has 0 saturated carbocycles. The molecule has 9 heteroatoms. The molecular weight excluding hydrogens is 612 g/mol. The van der Waals surface area contributed by atoms with Crippen molar-refractivity contribution in [3.63, 3.8) is 0 Å². The van der Waals surface area contributed by atoms with Crippen molar-refractivity contribution >= 4 is 5.78 Å². The Bertz CT molecular complexity index is 1140. The van der Waals surface area contributed by atoms with Crippen LogP contribution in [0, 0.1) is 11.8 Å². The van der Waals surface area contributed by atoms with E-state index < -0.39 is 11.6 Å². The summed E-state index contributed by atoms with van der Waals surface area (Å²) in [5.74, 6) is 0.309. The number of ketones is 1. The molecule has 0 N–H and O–H groups in total. The van der Waals surface area contributed by atoms with Crippen LogP contribution in [0.25, 0.3) is 0 Å². The molecular formula is C39H58O9. The average Bonchev–Trinajstić information content (AvgIpc) is 3.75. The maximum Gasteiger partial charge on any atom is 0.168 e. The molecule has 2 aliphatic rings. The molecule has 0 spiro atoms. The van der Waals surface area contributed by atoms with Crippen LogP contribution >= 0.6 is 0 Å². The molecule has 0 amide bonds. The second kappa shape index (κ2) is 17.9. The van der Waals surface area contributed by atoms with Gasteiger partial charge in [0.25, 0.3) is 0 Å². The fourth-order valence-electron chi connectivity index (χ4n) is 6.86. The molecule has 2 aromatic carbocycles. The van der Waals surface area contributed by atoms with E-state index in [2.05, 4.69) is 41.5 Å². The maximum atomic E-state index is 13.8. The fraction of sp³-hybridized carbons (Fsp3) is 0.667. The molecule has 9 nitrogen and oxygen atoms in total. The minimum atomic E-state index is -0.616. The van der Waals surface area contributed by atoms with E-state index >= 15 is 0 Å². The third-order valence-corrected chi connectivity index (χ3v) is 10.1. The van der Waals surface area contributed by atoms with E-state index in [9.17, 15) is 4.79 Å². The van der Waals surface area contributed by atoms with Crippen molar-refractivity contribution < 1.29 is 42.7 Å². The summed E-state index contributed by atoms with van der Waals surface area (Å²) in [7, 11) is 3.30. The Morgan fingerprint density at radius 3 is 1.31 bits per heavy atom. The molecule has 268 valence electrons. The highest BCUT2D eigenvalue weighted by Crippen LogP contribution is 2.37. The quantitative estimate of drug-likeness (QED) is 0.141. The Kier molecular flexibility index (Phi) is 14.3. The molecule has 4 rings (SSSR count). The van der Waals surface area contributed by atoms with Crippen LogP contribution in [0.2, 0.25) is 0 Å². The van der Waals surface area contributed by atoms with Crippen molar-refractivity contribution in [3.8, 4) is 11.5 Å². The first-order valence-electron chi connectivity index (χ1n) is 17.8. The molecule has 2 heterocycles. The van der Waals surface area contributed by atoms with Crippen LogP contribution in [-0.2, 0) is 46.4 Å². The number of ether oxygens (including phenoxy) is 8. The molecule has 2 saturated heterocycles. The lowest BCUT2D eigenvalue weighted by atomic mass is 9.88. The van der Waals surface area contributed by atoms with Crippen LogP contribution in [-0.4, -0.2) is 69.2 Å². The van der Waals surface area contributed by atoms with Gasteiger partial charge in [0.1, 0.15) is 29.5 Å². The van der Waals surface area contributed by atoms with Gasteiger partial charge in [-0.15, -0.1) is 0 Å². The zero-order chi connectivity index (χ0) is 34.7. The van der Waals surface area contributed by atoms with Gasteiger partial charge < -0.3 is 37.9 Å². The lowest BCUT2D eigenvalue weighted by Crippen LogP contribution is -2.41. The van der Waals surface area contributed by atoms with Gasteiger partial charge in [-0.3, -0.25) is 4.79 Å². The molecule has 2 aromatic rings. The molecule has 48 heavy (non-hydrogen) atoms. The van der Waals surface area contributed by atoms with E-state index in [1.165, 1.54) is 0 Å². The molecule has 2 aliphatic heterocycles. The molecule has 0 aliphatic carbocycles. The van der Waals surface area contributed by atoms with Gasteiger partial charge in [-0.05, 0) is 72.9 Å². The molecule has 0 unspecified atom stereocenters. The van der Waals surface area contributed by atoms with Gasteiger partial charge in [0.05, 0.1) is 52.9 Å². The number of hydrogen-bond acceptors (Lipinski definition) is 9. The SMILES string of the molecule is CCC1(CC)OC[C@@H]([C@@H](OCc2ccc(OC)cc2)[C@@H](C)CC(=O)C[C@H](C)[C@H](OCc2ccc(OC)cc2)[C@@H]2COC(CC)(CC)O2)O1. The number of hydrogen-bond donors (Lipinski definition) is 0. The summed E-state index contributed by atoms with van der Waals surface area (Å²) in [5, 5.41) is 0. The van der Waals surface area contributed by atoms with Crippen LogP contribution in [0.15, 0.2) is 48.5 Å². The van der Waals surface area contributed by atoms with E-state index in [0.717, 1.165) is 48.3 Å². The smallest absolute Gasteiger partial charge is 0.168 e. The summed E-state index contributed by atoms with van der Waals surface area (Å²) in [6, 6.07) is 15.7. The third kappa shape index (κ3) is 9.79. The number of rotatable bonds is 20. The average molecular weight is 671 g/mol. The van der Waals surface area contributed by atoms with E-state index in [0.29, 0.717) is 39.3 Å². The lowest BCUT2D eigenvalue weighted by molar-refractivity contribution is -0.191. The van der Waals surface area contributed by atoms with E-state index in [1.54, 1.807) is 14.2 Å². The van der Waals surface area contributed by atoms with Gasteiger partial charge in [0.2, 0.25) is 0 Å². The Morgan fingerprint density at radius 1 is 0.667 bits per heavy atom. The van der Waals surface area contributed by atoms with Gasteiger partial charge in [0, 0.05) is 12.8 Å². The summed E-state index contributed by atoms with van der Waals surface area (Å²) in [6.07, 6.45) is 2.50. The van der Waals surface area contributed by atoms with Crippen molar-refractivity contribution in [1.82, 2.24) is 0 Å². The molecule has 0 aromatic heterocycles. The summed E-state index contributed by atoms with van der Waals surface area (Å²) in [6.45, 7) is 14.1. The number of methoxy groups -OCH3 is 2. The number of Topliss-reactive ketones (excluding diaryl/α,β-unsaturated/α-hetero) is 1. The summed E-state index contributed by atoms with van der Waals surface area (Å²) in [5.41, 5.74) is 2.05. The molecule has 0 bridgehead atoms. The zero-order valence-electron chi connectivity index (χ0n) is 30.3. The van der Waals surface area contributed by atoms with E-state index in [4.69, 9.17) is 37.9 Å². The largest absolute Gasteiger partial charge is 0.497 e. The first-order valence-corrected chi connectivity index (χ1v) is 17.8. The summed E-state index contributed by atoms with van der Waals surface area (Å²) < 4.78 is 49.1. The van der Waals surface area contributed by atoms with Crippen molar-refractivity contribution in [3.05, 3.63) is 59.7 Å². The van der Waals surface area contributed by atoms with Crippen LogP contribution in [0.4, 0.5) is 0 Å². The van der Waals surface area contributed by atoms with Crippen LogP contribution in [0.3, 0.4) is 0 Å². The maximum absolute atomic E-state index is 13.8. The predicted octanol–water partition coefficient (Wildman–Crippen LogP) is 7.66. The Balaban J connectivity index is 1.44. The monoisotopic (exact) mass is 670 g/mol. The minimum Gasteiger partial charge on any atom is -0.497 e. The Labute approximate surface area is 287 Å².